The van der Waals surface area contributed by atoms with Gasteiger partial charge in [0.05, 0.1) is 0 Å². The number of aromatic nitrogens is 1. The van der Waals surface area contributed by atoms with E-state index in [9.17, 15) is 0 Å². The van der Waals surface area contributed by atoms with Crippen LogP contribution in [0.3, 0.4) is 0 Å². The van der Waals surface area contributed by atoms with E-state index in [1.165, 1.54) is 11.1 Å². The lowest BCUT2D eigenvalue weighted by molar-refractivity contribution is 0.619. The topological polar surface area (TPSA) is 39.2 Å². The Morgan fingerprint density at radius 1 is 0.633 bits per heavy atom. The van der Waals surface area contributed by atoms with Crippen LogP contribution in [0.15, 0.2) is 87.7 Å². The van der Waals surface area contributed by atoms with Crippen molar-refractivity contribution in [2.45, 2.75) is 13.8 Å². The Balaban J connectivity index is 1.44. The van der Waals surface area contributed by atoms with Gasteiger partial charge in [-0.15, -0.1) is 0 Å². The second kappa shape index (κ2) is 6.33. The van der Waals surface area contributed by atoms with Crippen LogP contribution in [0.1, 0.15) is 11.1 Å². The number of hydrogen-bond acceptors (Lipinski definition) is 3. The Hall–Kier alpha value is -3.85. The highest BCUT2D eigenvalue weighted by Gasteiger charge is 2.13. The highest BCUT2D eigenvalue weighted by atomic mass is 16.3. The molecule has 30 heavy (non-hydrogen) atoms. The molecule has 0 spiro atoms. The predicted octanol–water partition coefficient (Wildman–Crippen LogP) is 7.68. The monoisotopic (exact) mass is 389 g/mol. The molecule has 0 bridgehead atoms. The van der Waals surface area contributed by atoms with Crippen molar-refractivity contribution in [3.8, 4) is 22.6 Å². The second-order valence-corrected chi connectivity index (χ2v) is 7.78. The standard InChI is InChI=1S/C27H19NO2/c1-16-14-23-25(15-17(16)2)30-27(28-23)19-12-10-18(11-13-19)20-7-5-8-22-21-6-3-4-9-24(21)29-26(20)22/h3-15H,1-2H3. The Kier molecular flexibility index (Phi) is 3.59. The molecule has 0 radical (unpaired) electrons. The first-order valence-corrected chi connectivity index (χ1v) is 10.1. The zero-order chi connectivity index (χ0) is 20.2. The van der Waals surface area contributed by atoms with Gasteiger partial charge in [0.15, 0.2) is 5.58 Å². The summed E-state index contributed by atoms with van der Waals surface area (Å²) in [6.07, 6.45) is 0. The molecule has 0 amide bonds. The highest BCUT2D eigenvalue weighted by molar-refractivity contribution is 6.09. The summed E-state index contributed by atoms with van der Waals surface area (Å²) in [5.74, 6) is 0.642. The third-order valence-electron chi connectivity index (χ3n) is 5.85. The van der Waals surface area contributed by atoms with E-state index in [1.54, 1.807) is 0 Å². The van der Waals surface area contributed by atoms with Gasteiger partial charge < -0.3 is 8.83 Å². The number of para-hydroxylation sites is 2. The minimum absolute atomic E-state index is 0.642. The Labute approximate surface area is 173 Å². The summed E-state index contributed by atoms with van der Waals surface area (Å²) in [7, 11) is 0. The Morgan fingerprint density at radius 3 is 2.23 bits per heavy atom. The van der Waals surface area contributed by atoms with Crippen LogP contribution in [0.5, 0.6) is 0 Å². The van der Waals surface area contributed by atoms with Gasteiger partial charge >= 0.3 is 0 Å². The quantitative estimate of drug-likeness (QED) is 0.305. The van der Waals surface area contributed by atoms with E-state index in [0.29, 0.717) is 5.89 Å². The third-order valence-corrected chi connectivity index (χ3v) is 5.85. The zero-order valence-electron chi connectivity index (χ0n) is 16.8. The maximum absolute atomic E-state index is 6.18. The summed E-state index contributed by atoms with van der Waals surface area (Å²) in [6, 6.07) is 26.9. The number of furan rings is 1. The summed E-state index contributed by atoms with van der Waals surface area (Å²) < 4.78 is 12.2. The van der Waals surface area contributed by atoms with E-state index in [0.717, 1.165) is 49.7 Å². The van der Waals surface area contributed by atoms with Crippen LogP contribution in [-0.4, -0.2) is 4.98 Å². The van der Waals surface area contributed by atoms with Crippen LogP contribution in [0, 0.1) is 13.8 Å². The van der Waals surface area contributed by atoms with Crippen molar-refractivity contribution < 1.29 is 8.83 Å². The molecule has 6 aromatic rings. The summed E-state index contributed by atoms with van der Waals surface area (Å²) in [5, 5.41) is 2.28. The summed E-state index contributed by atoms with van der Waals surface area (Å²) >= 11 is 0. The van der Waals surface area contributed by atoms with Crippen LogP contribution in [0.2, 0.25) is 0 Å². The van der Waals surface area contributed by atoms with Crippen molar-refractivity contribution in [1.29, 1.82) is 0 Å². The lowest BCUT2D eigenvalue weighted by Gasteiger charge is -2.04. The minimum atomic E-state index is 0.642. The lowest BCUT2D eigenvalue weighted by atomic mass is 10.0. The lowest BCUT2D eigenvalue weighted by Crippen LogP contribution is -1.81. The molecule has 0 atom stereocenters. The highest BCUT2D eigenvalue weighted by Crippen LogP contribution is 2.36. The zero-order valence-corrected chi connectivity index (χ0v) is 16.8. The van der Waals surface area contributed by atoms with Gasteiger partial charge in [-0.1, -0.05) is 48.5 Å². The van der Waals surface area contributed by atoms with E-state index in [4.69, 9.17) is 8.83 Å². The van der Waals surface area contributed by atoms with E-state index in [2.05, 4.69) is 79.5 Å². The van der Waals surface area contributed by atoms with Crippen molar-refractivity contribution in [2.75, 3.05) is 0 Å². The molecule has 0 saturated heterocycles. The molecule has 0 unspecified atom stereocenters. The summed E-state index contributed by atoms with van der Waals surface area (Å²) in [5.41, 5.74) is 9.12. The maximum Gasteiger partial charge on any atom is 0.227 e. The molecule has 0 aliphatic carbocycles. The average Bonchev–Trinajstić information content (AvgIpc) is 3.35. The van der Waals surface area contributed by atoms with Crippen LogP contribution >= 0.6 is 0 Å². The first-order valence-electron chi connectivity index (χ1n) is 10.1. The molecule has 2 heterocycles. The molecule has 0 aliphatic heterocycles. The molecule has 0 saturated carbocycles. The number of benzene rings is 4. The van der Waals surface area contributed by atoms with Gasteiger partial charge in [0.25, 0.3) is 0 Å². The van der Waals surface area contributed by atoms with Crippen LogP contribution in [0.4, 0.5) is 0 Å². The van der Waals surface area contributed by atoms with Crippen LogP contribution in [-0.2, 0) is 0 Å². The van der Waals surface area contributed by atoms with Crippen LogP contribution in [0.25, 0.3) is 55.6 Å². The van der Waals surface area contributed by atoms with Gasteiger partial charge in [-0.3, -0.25) is 0 Å². The molecular weight excluding hydrogens is 370 g/mol. The molecule has 144 valence electrons. The molecule has 3 nitrogen and oxygen atoms in total. The first kappa shape index (κ1) is 17.0. The molecule has 0 N–H and O–H groups in total. The van der Waals surface area contributed by atoms with Crippen molar-refractivity contribution in [3.05, 3.63) is 90.0 Å². The predicted molar refractivity (Wildman–Crippen MR) is 122 cm³/mol. The average molecular weight is 389 g/mol. The van der Waals surface area contributed by atoms with E-state index in [1.807, 2.05) is 18.2 Å². The number of fused-ring (bicyclic) bond motifs is 4. The number of nitrogens with zero attached hydrogens (tertiary/aromatic N) is 1. The largest absolute Gasteiger partial charge is 0.455 e. The maximum atomic E-state index is 6.18. The van der Waals surface area contributed by atoms with Crippen LogP contribution < -0.4 is 0 Å². The molecule has 4 aromatic carbocycles. The van der Waals surface area contributed by atoms with Crippen molar-refractivity contribution >= 4 is 33.0 Å². The Morgan fingerprint density at radius 2 is 1.37 bits per heavy atom. The first-order chi connectivity index (χ1) is 14.7. The molecule has 6 rings (SSSR count). The van der Waals surface area contributed by atoms with Crippen molar-refractivity contribution in [2.24, 2.45) is 0 Å². The molecule has 0 fully saturated rings. The normalized spacial score (nSPS) is 11.7. The minimum Gasteiger partial charge on any atom is -0.455 e. The molecule has 0 aliphatic rings. The van der Waals surface area contributed by atoms with E-state index >= 15 is 0 Å². The smallest absolute Gasteiger partial charge is 0.227 e. The van der Waals surface area contributed by atoms with Gasteiger partial charge in [0, 0.05) is 21.9 Å². The molecule has 3 heteroatoms. The Bertz CT molecular complexity index is 1510. The molecular formula is C27H19NO2. The van der Waals surface area contributed by atoms with Gasteiger partial charge in [-0.2, -0.15) is 0 Å². The summed E-state index contributed by atoms with van der Waals surface area (Å²) in [4.78, 5) is 4.68. The van der Waals surface area contributed by atoms with Gasteiger partial charge in [0.2, 0.25) is 5.89 Å². The summed E-state index contributed by atoms with van der Waals surface area (Å²) in [6.45, 7) is 4.18. The molecule has 2 aromatic heterocycles. The number of rotatable bonds is 2. The SMILES string of the molecule is Cc1cc2nc(-c3ccc(-c4cccc5c4oc4ccccc45)cc3)oc2cc1C. The van der Waals surface area contributed by atoms with Crippen molar-refractivity contribution in [1.82, 2.24) is 4.98 Å². The van der Waals surface area contributed by atoms with Crippen molar-refractivity contribution in [3.63, 3.8) is 0 Å². The number of aryl methyl sites for hydroxylation is 2. The van der Waals surface area contributed by atoms with Gasteiger partial charge in [0.1, 0.15) is 16.7 Å². The fourth-order valence-corrected chi connectivity index (χ4v) is 4.07. The van der Waals surface area contributed by atoms with Gasteiger partial charge in [-0.05, 0) is 60.9 Å². The van der Waals surface area contributed by atoms with Gasteiger partial charge in [-0.25, -0.2) is 4.98 Å². The fourth-order valence-electron chi connectivity index (χ4n) is 4.07. The number of hydrogen-bond donors (Lipinski definition) is 0. The van der Waals surface area contributed by atoms with E-state index in [-0.39, 0.29) is 0 Å². The second-order valence-electron chi connectivity index (χ2n) is 7.78. The fraction of sp³-hybridized carbons (Fsp3) is 0.0741. The van der Waals surface area contributed by atoms with E-state index < -0.39 is 0 Å². The third kappa shape index (κ3) is 2.56. The number of oxazole rings is 1.